The van der Waals surface area contributed by atoms with Gasteiger partial charge in [-0.2, -0.15) is 0 Å². The van der Waals surface area contributed by atoms with E-state index in [2.05, 4.69) is 5.32 Å². The summed E-state index contributed by atoms with van der Waals surface area (Å²) in [6.45, 7) is 0.493. The minimum atomic E-state index is -0.786. The van der Waals surface area contributed by atoms with Crippen LogP contribution in [0.15, 0.2) is 24.3 Å². The SMILES string of the molecule is O=[N+]([O-])c1cccc([C@H](O)CN[C@@H]2CCCC[C@H]2CO)c1. The number of benzene rings is 1. The van der Waals surface area contributed by atoms with E-state index in [9.17, 15) is 20.3 Å². The molecule has 3 N–H and O–H groups in total. The third kappa shape index (κ3) is 4.23. The minimum Gasteiger partial charge on any atom is -0.396 e. The number of nitrogens with one attached hydrogen (secondary N) is 1. The molecule has 0 aliphatic heterocycles. The summed E-state index contributed by atoms with van der Waals surface area (Å²) >= 11 is 0. The zero-order chi connectivity index (χ0) is 15.2. The van der Waals surface area contributed by atoms with Crippen LogP contribution in [0.1, 0.15) is 37.4 Å². The first-order chi connectivity index (χ1) is 10.1. The molecule has 1 aliphatic carbocycles. The van der Waals surface area contributed by atoms with Crippen LogP contribution in [0.25, 0.3) is 0 Å². The molecule has 2 rings (SSSR count). The van der Waals surface area contributed by atoms with Gasteiger partial charge in [-0.1, -0.05) is 25.0 Å². The van der Waals surface area contributed by atoms with Crippen molar-refractivity contribution >= 4 is 5.69 Å². The van der Waals surface area contributed by atoms with Crippen molar-refractivity contribution in [3.8, 4) is 0 Å². The van der Waals surface area contributed by atoms with Crippen LogP contribution in [0.4, 0.5) is 5.69 Å². The molecule has 6 heteroatoms. The molecule has 1 aliphatic rings. The average Bonchev–Trinajstić information content (AvgIpc) is 2.52. The minimum absolute atomic E-state index is 0.0162. The zero-order valence-electron chi connectivity index (χ0n) is 11.9. The Bertz CT molecular complexity index is 480. The number of aliphatic hydroxyl groups is 2. The van der Waals surface area contributed by atoms with Crippen LogP contribution < -0.4 is 5.32 Å². The summed E-state index contributed by atoms with van der Waals surface area (Å²) in [6, 6.07) is 6.28. The van der Waals surface area contributed by atoms with Gasteiger partial charge in [0.15, 0.2) is 0 Å². The molecule has 6 nitrogen and oxygen atoms in total. The Hall–Kier alpha value is -1.50. The van der Waals surface area contributed by atoms with E-state index in [0.717, 1.165) is 25.7 Å². The van der Waals surface area contributed by atoms with Crippen molar-refractivity contribution in [2.75, 3.05) is 13.2 Å². The smallest absolute Gasteiger partial charge is 0.269 e. The number of nitro benzene ring substituents is 1. The molecule has 0 bridgehead atoms. The Morgan fingerprint density at radius 2 is 2.14 bits per heavy atom. The number of non-ortho nitro benzene ring substituents is 1. The van der Waals surface area contributed by atoms with E-state index in [1.54, 1.807) is 12.1 Å². The predicted octanol–water partition coefficient (Wildman–Crippen LogP) is 1.77. The fraction of sp³-hybridized carbons (Fsp3) is 0.600. The fourth-order valence-corrected chi connectivity index (χ4v) is 2.92. The molecule has 0 aromatic heterocycles. The normalized spacial score (nSPS) is 23.7. The molecule has 0 amide bonds. The Balaban J connectivity index is 1.93. The monoisotopic (exact) mass is 294 g/mol. The van der Waals surface area contributed by atoms with Crippen molar-refractivity contribution in [2.45, 2.75) is 37.8 Å². The van der Waals surface area contributed by atoms with Gasteiger partial charge in [-0.05, 0) is 24.3 Å². The maximum Gasteiger partial charge on any atom is 0.269 e. The maximum atomic E-state index is 10.7. The Labute approximate surface area is 124 Å². The lowest BCUT2D eigenvalue weighted by Crippen LogP contribution is -2.41. The first kappa shape index (κ1) is 15.9. The van der Waals surface area contributed by atoms with Crippen LogP contribution in [-0.4, -0.2) is 34.3 Å². The predicted molar refractivity (Wildman–Crippen MR) is 78.9 cm³/mol. The molecular formula is C15H22N2O4. The van der Waals surface area contributed by atoms with E-state index in [0.29, 0.717) is 12.1 Å². The highest BCUT2D eigenvalue weighted by molar-refractivity contribution is 5.35. The van der Waals surface area contributed by atoms with Gasteiger partial charge in [-0.25, -0.2) is 0 Å². The highest BCUT2D eigenvalue weighted by Crippen LogP contribution is 2.25. The summed E-state index contributed by atoms with van der Waals surface area (Å²) in [4.78, 5) is 10.3. The van der Waals surface area contributed by atoms with Crippen molar-refractivity contribution < 1.29 is 15.1 Å². The van der Waals surface area contributed by atoms with E-state index in [1.807, 2.05) is 0 Å². The second-order valence-electron chi connectivity index (χ2n) is 5.61. The number of hydrogen-bond donors (Lipinski definition) is 3. The van der Waals surface area contributed by atoms with E-state index in [1.165, 1.54) is 12.1 Å². The van der Waals surface area contributed by atoms with Gasteiger partial charge in [-0.3, -0.25) is 10.1 Å². The van der Waals surface area contributed by atoms with Gasteiger partial charge < -0.3 is 15.5 Å². The van der Waals surface area contributed by atoms with Crippen molar-refractivity contribution in [3.05, 3.63) is 39.9 Å². The maximum absolute atomic E-state index is 10.7. The summed E-state index contributed by atoms with van der Waals surface area (Å²) < 4.78 is 0. The zero-order valence-corrected chi connectivity index (χ0v) is 11.9. The lowest BCUT2D eigenvalue weighted by Gasteiger charge is -2.31. The van der Waals surface area contributed by atoms with Gasteiger partial charge >= 0.3 is 0 Å². The summed E-state index contributed by atoms with van der Waals surface area (Å²) in [5.74, 6) is 0.232. The largest absolute Gasteiger partial charge is 0.396 e. The Kier molecular flexibility index (Phi) is 5.67. The molecule has 0 unspecified atom stereocenters. The van der Waals surface area contributed by atoms with Crippen LogP contribution >= 0.6 is 0 Å². The molecule has 116 valence electrons. The molecule has 0 saturated heterocycles. The van der Waals surface area contributed by atoms with Crippen LogP contribution in [-0.2, 0) is 0 Å². The summed E-state index contributed by atoms with van der Waals surface area (Å²) in [6.07, 6.45) is 3.47. The highest BCUT2D eigenvalue weighted by atomic mass is 16.6. The topological polar surface area (TPSA) is 95.6 Å². The lowest BCUT2D eigenvalue weighted by atomic mass is 9.85. The molecule has 1 aromatic carbocycles. The van der Waals surface area contributed by atoms with Crippen LogP contribution in [0, 0.1) is 16.0 Å². The number of hydrogen-bond acceptors (Lipinski definition) is 5. The van der Waals surface area contributed by atoms with Crippen molar-refractivity contribution in [1.29, 1.82) is 0 Å². The second kappa shape index (κ2) is 7.49. The average molecular weight is 294 g/mol. The summed E-state index contributed by atoms with van der Waals surface area (Å²) in [5.41, 5.74) is 0.519. The quantitative estimate of drug-likeness (QED) is 0.549. The van der Waals surface area contributed by atoms with Gasteiger partial charge in [0.05, 0.1) is 11.0 Å². The molecule has 0 spiro atoms. The molecule has 0 heterocycles. The van der Waals surface area contributed by atoms with Crippen LogP contribution in [0.3, 0.4) is 0 Å². The summed E-state index contributed by atoms with van der Waals surface area (Å²) in [7, 11) is 0. The summed E-state index contributed by atoms with van der Waals surface area (Å²) in [5, 5.41) is 33.6. The molecule has 1 saturated carbocycles. The standard InChI is InChI=1S/C15H22N2O4/c18-10-12-4-1-2-7-14(12)16-9-15(19)11-5-3-6-13(8-11)17(20)21/h3,5-6,8,12,14-16,18-19H,1-2,4,7,9-10H2/t12-,14+,15+/m0/s1. The molecule has 1 aromatic rings. The molecule has 1 fully saturated rings. The molecular weight excluding hydrogens is 272 g/mol. The Morgan fingerprint density at radius 1 is 1.38 bits per heavy atom. The number of aliphatic hydroxyl groups excluding tert-OH is 2. The van der Waals surface area contributed by atoms with Crippen molar-refractivity contribution in [1.82, 2.24) is 5.32 Å². The van der Waals surface area contributed by atoms with E-state index < -0.39 is 11.0 Å². The third-order valence-electron chi connectivity index (χ3n) is 4.18. The van der Waals surface area contributed by atoms with Gasteiger partial charge in [0, 0.05) is 31.3 Å². The van der Waals surface area contributed by atoms with E-state index in [4.69, 9.17) is 0 Å². The van der Waals surface area contributed by atoms with Crippen LogP contribution in [0.5, 0.6) is 0 Å². The lowest BCUT2D eigenvalue weighted by molar-refractivity contribution is -0.385. The molecule has 3 atom stereocenters. The molecule has 0 radical (unpaired) electrons. The molecule has 21 heavy (non-hydrogen) atoms. The number of rotatable bonds is 6. The van der Waals surface area contributed by atoms with Gasteiger partial charge in [0.1, 0.15) is 0 Å². The first-order valence-corrected chi connectivity index (χ1v) is 7.38. The van der Waals surface area contributed by atoms with E-state index in [-0.39, 0.29) is 24.3 Å². The Morgan fingerprint density at radius 3 is 2.86 bits per heavy atom. The van der Waals surface area contributed by atoms with Crippen molar-refractivity contribution in [2.24, 2.45) is 5.92 Å². The highest BCUT2D eigenvalue weighted by Gasteiger charge is 2.24. The first-order valence-electron chi connectivity index (χ1n) is 7.38. The second-order valence-corrected chi connectivity index (χ2v) is 5.61. The third-order valence-corrected chi connectivity index (χ3v) is 4.18. The van der Waals surface area contributed by atoms with Crippen molar-refractivity contribution in [3.63, 3.8) is 0 Å². The van der Waals surface area contributed by atoms with Gasteiger partial charge in [0.25, 0.3) is 5.69 Å². The number of nitrogens with zero attached hydrogens (tertiary/aromatic N) is 1. The van der Waals surface area contributed by atoms with Gasteiger partial charge in [-0.15, -0.1) is 0 Å². The number of nitro groups is 1. The van der Waals surface area contributed by atoms with Gasteiger partial charge in [0.2, 0.25) is 0 Å². The van der Waals surface area contributed by atoms with E-state index >= 15 is 0 Å². The fourth-order valence-electron chi connectivity index (χ4n) is 2.92. The van der Waals surface area contributed by atoms with Crippen LogP contribution in [0.2, 0.25) is 0 Å².